The smallest absolute Gasteiger partial charge is 0.258 e. The molecule has 1 fully saturated rings. The van der Waals surface area contributed by atoms with Crippen LogP contribution in [0.3, 0.4) is 0 Å². The number of aromatic nitrogens is 2. The second-order valence-electron chi connectivity index (χ2n) is 7.97. The maximum atomic E-state index is 13.2. The van der Waals surface area contributed by atoms with Crippen LogP contribution in [0.4, 0.5) is 5.69 Å². The van der Waals surface area contributed by atoms with E-state index in [1.165, 1.54) is 5.56 Å². The highest BCUT2D eigenvalue weighted by Crippen LogP contribution is 2.43. The summed E-state index contributed by atoms with van der Waals surface area (Å²) in [5.74, 6) is 0.0635. The first-order valence-electron chi connectivity index (χ1n) is 9.99. The van der Waals surface area contributed by atoms with Gasteiger partial charge in [-0.05, 0) is 44.4 Å². The summed E-state index contributed by atoms with van der Waals surface area (Å²) in [4.78, 5) is 15.2. The molecular formula is C23H23ClN4O. The van der Waals surface area contributed by atoms with Gasteiger partial charge in [-0.2, -0.15) is 5.10 Å². The predicted octanol–water partition coefficient (Wildman–Crippen LogP) is 4.93. The summed E-state index contributed by atoms with van der Waals surface area (Å²) < 4.78 is 1.83. The van der Waals surface area contributed by atoms with Crippen LogP contribution in [-0.2, 0) is 6.54 Å². The van der Waals surface area contributed by atoms with Gasteiger partial charge < -0.3 is 10.2 Å². The summed E-state index contributed by atoms with van der Waals surface area (Å²) in [6, 6.07) is 16.3. The van der Waals surface area contributed by atoms with E-state index in [0.29, 0.717) is 11.7 Å². The zero-order chi connectivity index (χ0) is 20.1. The highest BCUT2D eigenvalue weighted by atomic mass is 35.5. The molecule has 1 saturated carbocycles. The number of halogens is 1. The number of carbonyl (C=O) groups is 1. The van der Waals surface area contributed by atoms with E-state index in [1.807, 2.05) is 40.8 Å². The predicted molar refractivity (Wildman–Crippen MR) is 114 cm³/mol. The van der Waals surface area contributed by atoms with Crippen molar-refractivity contribution in [3.8, 4) is 0 Å². The molecule has 0 bridgehead atoms. The minimum atomic E-state index is -0.302. The van der Waals surface area contributed by atoms with Crippen LogP contribution in [-0.4, -0.2) is 26.6 Å². The van der Waals surface area contributed by atoms with E-state index < -0.39 is 0 Å². The molecule has 6 heteroatoms. The molecule has 5 rings (SSSR count). The topological polar surface area (TPSA) is 50.2 Å². The van der Waals surface area contributed by atoms with Crippen molar-refractivity contribution >= 4 is 23.2 Å². The molecule has 148 valence electrons. The lowest BCUT2D eigenvalue weighted by Crippen LogP contribution is -2.44. The zero-order valence-corrected chi connectivity index (χ0v) is 17.3. The van der Waals surface area contributed by atoms with Gasteiger partial charge in [0.25, 0.3) is 5.91 Å². The highest BCUT2D eigenvalue weighted by Gasteiger charge is 2.43. The molecule has 0 radical (unpaired) electrons. The number of para-hydroxylation sites is 1. The molecule has 0 saturated heterocycles. The van der Waals surface area contributed by atoms with Crippen LogP contribution in [0.15, 0.2) is 48.5 Å². The number of hydrogen-bond acceptors (Lipinski definition) is 3. The highest BCUT2D eigenvalue weighted by molar-refractivity contribution is 6.30. The fourth-order valence-electron chi connectivity index (χ4n) is 4.06. The molecule has 3 aromatic rings. The Morgan fingerprint density at radius 3 is 2.55 bits per heavy atom. The third-order valence-electron chi connectivity index (χ3n) is 5.74. The van der Waals surface area contributed by atoms with E-state index in [1.54, 1.807) is 0 Å². The van der Waals surface area contributed by atoms with Crippen molar-refractivity contribution in [3.63, 3.8) is 0 Å². The third-order valence-corrected chi connectivity index (χ3v) is 6.14. The maximum Gasteiger partial charge on any atom is 0.258 e. The van der Waals surface area contributed by atoms with E-state index in [-0.39, 0.29) is 18.1 Å². The van der Waals surface area contributed by atoms with Crippen LogP contribution in [0, 0.1) is 13.8 Å². The molecule has 29 heavy (non-hydrogen) atoms. The number of hydrogen-bond donors (Lipinski definition) is 1. The molecule has 0 unspecified atom stereocenters. The largest absolute Gasteiger partial charge is 0.361 e. The van der Waals surface area contributed by atoms with Gasteiger partial charge in [-0.3, -0.25) is 4.79 Å². The monoisotopic (exact) mass is 406 g/mol. The standard InChI is InChI=1S/C23H23ClN4O/c1-14-7-9-16(10-8-14)13-27-21(24)20(15(2)26-27)22-25-19-6-4-3-5-18(19)23(29)28(22)17-11-12-17/h3-10,17,22,25H,11-13H2,1-2H3/t22-/m1/s1. The number of carbonyl (C=O) groups excluding carboxylic acids is 1. The molecule has 5 nitrogen and oxygen atoms in total. The second-order valence-corrected chi connectivity index (χ2v) is 8.33. The normalized spacial score (nSPS) is 18.5. The minimum absolute atomic E-state index is 0.0635. The van der Waals surface area contributed by atoms with Crippen molar-refractivity contribution in [3.05, 3.63) is 81.6 Å². The fourth-order valence-corrected chi connectivity index (χ4v) is 4.40. The number of amides is 1. The molecule has 1 N–H and O–H groups in total. The molecular weight excluding hydrogens is 384 g/mol. The van der Waals surface area contributed by atoms with Crippen LogP contribution in [0.25, 0.3) is 0 Å². The van der Waals surface area contributed by atoms with Crippen LogP contribution < -0.4 is 5.32 Å². The Balaban J connectivity index is 1.53. The Kier molecular flexibility index (Phi) is 4.36. The summed E-state index contributed by atoms with van der Waals surface area (Å²) in [5.41, 5.74) is 5.66. The average molecular weight is 407 g/mol. The Hall–Kier alpha value is -2.79. The number of benzene rings is 2. The van der Waals surface area contributed by atoms with Crippen LogP contribution in [0.5, 0.6) is 0 Å². The number of fused-ring (bicyclic) bond motifs is 1. The molecule has 1 amide bonds. The Labute approximate surface area is 175 Å². The van der Waals surface area contributed by atoms with Crippen molar-refractivity contribution in [1.29, 1.82) is 0 Å². The average Bonchev–Trinajstić information content (AvgIpc) is 3.50. The fraction of sp³-hybridized carbons (Fsp3) is 0.304. The summed E-state index contributed by atoms with van der Waals surface area (Å²) >= 11 is 6.83. The first kappa shape index (κ1) is 18.3. The van der Waals surface area contributed by atoms with Crippen LogP contribution in [0.1, 0.15) is 51.7 Å². The Morgan fingerprint density at radius 1 is 1.10 bits per heavy atom. The molecule has 1 aliphatic heterocycles. The SMILES string of the molecule is Cc1ccc(Cn2nc(C)c([C@@H]3Nc4ccccc4C(=O)N3C3CC3)c2Cl)cc1. The van der Waals surface area contributed by atoms with Gasteiger partial charge in [0.05, 0.1) is 23.4 Å². The first-order chi connectivity index (χ1) is 14.0. The summed E-state index contributed by atoms with van der Waals surface area (Å²) in [7, 11) is 0. The van der Waals surface area contributed by atoms with Crippen LogP contribution in [0.2, 0.25) is 5.15 Å². The van der Waals surface area contributed by atoms with Gasteiger partial charge in [-0.15, -0.1) is 0 Å². The Bertz CT molecular complexity index is 1080. The lowest BCUT2D eigenvalue weighted by molar-refractivity contribution is 0.0666. The molecule has 1 aliphatic carbocycles. The molecule has 0 spiro atoms. The quantitative estimate of drug-likeness (QED) is 0.668. The van der Waals surface area contributed by atoms with Gasteiger partial charge in [0.1, 0.15) is 11.3 Å². The zero-order valence-electron chi connectivity index (χ0n) is 16.5. The van der Waals surface area contributed by atoms with Crippen molar-refractivity contribution < 1.29 is 4.79 Å². The van der Waals surface area contributed by atoms with E-state index in [9.17, 15) is 4.79 Å². The van der Waals surface area contributed by atoms with Crippen molar-refractivity contribution in [1.82, 2.24) is 14.7 Å². The first-order valence-corrected chi connectivity index (χ1v) is 10.4. The molecule has 2 heterocycles. The third kappa shape index (κ3) is 3.19. The minimum Gasteiger partial charge on any atom is -0.361 e. The van der Waals surface area contributed by atoms with Crippen molar-refractivity contribution in [2.45, 2.75) is 45.4 Å². The molecule has 2 aliphatic rings. The maximum absolute atomic E-state index is 13.2. The van der Waals surface area contributed by atoms with Gasteiger partial charge in [0.15, 0.2) is 0 Å². The summed E-state index contributed by atoms with van der Waals surface area (Å²) in [6.45, 7) is 4.63. The number of rotatable bonds is 4. The van der Waals surface area contributed by atoms with Crippen molar-refractivity contribution in [2.75, 3.05) is 5.32 Å². The van der Waals surface area contributed by atoms with Gasteiger partial charge in [-0.1, -0.05) is 53.6 Å². The van der Waals surface area contributed by atoms with E-state index in [4.69, 9.17) is 16.7 Å². The van der Waals surface area contributed by atoms with E-state index in [0.717, 1.165) is 40.9 Å². The summed E-state index contributed by atoms with van der Waals surface area (Å²) in [6.07, 6.45) is 1.75. The second kappa shape index (κ2) is 6.92. The molecule has 1 atom stereocenters. The van der Waals surface area contributed by atoms with Crippen LogP contribution >= 0.6 is 11.6 Å². The van der Waals surface area contributed by atoms with Gasteiger partial charge in [-0.25, -0.2) is 4.68 Å². The van der Waals surface area contributed by atoms with Gasteiger partial charge >= 0.3 is 0 Å². The van der Waals surface area contributed by atoms with E-state index >= 15 is 0 Å². The lowest BCUT2D eigenvalue weighted by atomic mass is 10.0. The number of nitrogens with one attached hydrogen (secondary N) is 1. The summed E-state index contributed by atoms with van der Waals surface area (Å²) in [5, 5.41) is 8.84. The number of anilines is 1. The molecule has 2 aromatic carbocycles. The van der Waals surface area contributed by atoms with E-state index in [2.05, 4.69) is 36.5 Å². The van der Waals surface area contributed by atoms with Crippen molar-refractivity contribution in [2.24, 2.45) is 0 Å². The lowest BCUT2D eigenvalue weighted by Gasteiger charge is -2.38. The van der Waals surface area contributed by atoms with Gasteiger partial charge in [0.2, 0.25) is 0 Å². The van der Waals surface area contributed by atoms with Gasteiger partial charge in [0, 0.05) is 11.7 Å². The number of aryl methyl sites for hydroxylation is 2. The number of nitrogens with zero attached hydrogens (tertiary/aromatic N) is 3. The molecule has 1 aromatic heterocycles. The Morgan fingerprint density at radius 2 is 1.83 bits per heavy atom.